The minimum Gasteiger partial charge on any atom is -0.289 e. The van der Waals surface area contributed by atoms with Crippen molar-refractivity contribution in [1.82, 2.24) is 5.32 Å². The van der Waals surface area contributed by atoms with Gasteiger partial charge in [0.15, 0.2) is 0 Å². The molecular formula is C11H10BrNO2. The quantitative estimate of drug-likeness (QED) is 0.623. The number of carbonyl (C=O) groups excluding carboxylic acids is 2. The summed E-state index contributed by atoms with van der Waals surface area (Å²) in [6.07, 6.45) is 2.39. The predicted molar refractivity (Wildman–Crippen MR) is 61.4 cm³/mol. The van der Waals surface area contributed by atoms with Crippen molar-refractivity contribution >= 4 is 27.7 Å². The third-order valence-corrected chi connectivity index (χ3v) is 2.28. The Bertz CT molecular complexity index is 357. The zero-order valence-corrected chi connectivity index (χ0v) is 9.53. The van der Waals surface area contributed by atoms with Gasteiger partial charge in [-0.2, -0.15) is 0 Å². The lowest BCUT2D eigenvalue weighted by Crippen LogP contribution is -2.19. The highest BCUT2D eigenvalue weighted by molar-refractivity contribution is 9.08. The molecule has 0 unspecified atom stereocenters. The normalized spacial score (nSPS) is 13.1. The first-order chi connectivity index (χ1) is 7.22. The molecule has 0 spiro atoms. The van der Waals surface area contributed by atoms with E-state index in [1.54, 1.807) is 0 Å². The van der Waals surface area contributed by atoms with Crippen molar-refractivity contribution in [1.29, 1.82) is 0 Å². The van der Waals surface area contributed by atoms with Crippen LogP contribution in [0.25, 0.3) is 0 Å². The SMILES string of the molecule is BrCc1ccccc1.O=C1C=CC(=O)N1. The number of nitrogens with one attached hydrogen (secondary N) is 1. The minimum atomic E-state index is -0.329. The van der Waals surface area contributed by atoms with E-state index in [9.17, 15) is 9.59 Å². The van der Waals surface area contributed by atoms with Gasteiger partial charge in [-0.15, -0.1) is 0 Å². The van der Waals surface area contributed by atoms with Gasteiger partial charge in [0.05, 0.1) is 0 Å². The van der Waals surface area contributed by atoms with E-state index in [2.05, 4.69) is 28.1 Å². The van der Waals surface area contributed by atoms with E-state index < -0.39 is 0 Å². The number of rotatable bonds is 1. The van der Waals surface area contributed by atoms with Crippen LogP contribution >= 0.6 is 15.9 Å². The summed E-state index contributed by atoms with van der Waals surface area (Å²) in [5.41, 5.74) is 1.33. The van der Waals surface area contributed by atoms with Crippen LogP contribution in [0.2, 0.25) is 0 Å². The number of halogens is 1. The highest BCUT2D eigenvalue weighted by Gasteiger charge is 2.06. The van der Waals surface area contributed by atoms with Gasteiger partial charge in [0.25, 0.3) is 11.8 Å². The Kier molecular flexibility index (Phi) is 4.77. The van der Waals surface area contributed by atoms with Gasteiger partial charge in [-0.1, -0.05) is 46.3 Å². The number of amides is 2. The van der Waals surface area contributed by atoms with Crippen molar-refractivity contribution in [2.24, 2.45) is 0 Å². The van der Waals surface area contributed by atoms with Crippen LogP contribution in [-0.4, -0.2) is 11.8 Å². The number of carbonyl (C=O) groups is 2. The van der Waals surface area contributed by atoms with E-state index in [4.69, 9.17) is 0 Å². The third kappa shape index (κ3) is 4.56. The largest absolute Gasteiger partial charge is 0.289 e. The zero-order valence-electron chi connectivity index (χ0n) is 7.94. The van der Waals surface area contributed by atoms with E-state index in [-0.39, 0.29) is 11.8 Å². The first kappa shape index (κ1) is 11.7. The molecule has 0 saturated heterocycles. The molecule has 0 aromatic heterocycles. The lowest BCUT2D eigenvalue weighted by Gasteiger charge is -1.88. The van der Waals surface area contributed by atoms with Gasteiger partial charge in [-0.25, -0.2) is 0 Å². The Labute approximate surface area is 96.3 Å². The molecule has 0 atom stereocenters. The second kappa shape index (κ2) is 6.14. The van der Waals surface area contributed by atoms with Crippen molar-refractivity contribution < 1.29 is 9.59 Å². The molecule has 0 aliphatic carbocycles. The van der Waals surface area contributed by atoms with Crippen LogP contribution in [0.1, 0.15) is 5.56 Å². The maximum atomic E-state index is 10.0. The van der Waals surface area contributed by atoms with Crippen LogP contribution in [0, 0.1) is 0 Å². The Balaban J connectivity index is 0.000000151. The highest BCUT2D eigenvalue weighted by Crippen LogP contribution is 2.02. The van der Waals surface area contributed by atoms with E-state index >= 15 is 0 Å². The molecule has 2 rings (SSSR count). The second-order valence-electron chi connectivity index (χ2n) is 2.81. The fourth-order valence-corrected chi connectivity index (χ4v) is 1.30. The fourth-order valence-electron chi connectivity index (χ4n) is 0.923. The maximum absolute atomic E-state index is 10.0. The van der Waals surface area contributed by atoms with Gasteiger partial charge in [-0.05, 0) is 5.56 Å². The predicted octanol–water partition coefficient (Wildman–Crippen LogP) is 1.78. The molecule has 4 heteroatoms. The lowest BCUT2D eigenvalue weighted by molar-refractivity contribution is -0.123. The first-order valence-electron chi connectivity index (χ1n) is 4.35. The molecule has 0 bridgehead atoms. The molecule has 2 amide bonds. The molecule has 3 nitrogen and oxygen atoms in total. The third-order valence-electron chi connectivity index (χ3n) is 1.63. The van der Waals surface area contributed by atoms with Gasteiger partial charge >= 0.3 is 0 Å². The zero-order chi connectivity index (χ0) is 11.1. The van der Waals surface area contributed by atoms with Gasteiger partial charge in [0.1, 0.15) is 0 Å². The Morgan fingerprint density at radius 1 is 1.00 bits per heavy atom. The Hall–Kier alpha value is -1.42. The van der Waals surface area contributed by atoms with Crippen LogP contribution in [0.3, 0.4) is 0 Å². The molecule has 0 fully saturated rings. The van der Waals surface area contributed by atoms with Gasteiger partial charge in [0, 0.05) is 17.5 Å². The van der Waals surface area contributed by atoms with Gasteiger partial charge < -0.3 is 0 Å². The summed E-state index contributed by atoms with van der Waals surface area (Å²) >= 11 is 3.36. The average molecular weight is 268 g/mol. The molecule has 0 radical (unpaired) electrons. The molecule has 78 valence electrons. The van der Waals surface area contributed by atoms with Crippen molar-refractivity contribution in [2.75, 3.05) is 0 Å². The average Bonchev–Trinajstić information content (AvgIpc) is 2.65. The summed E-state index contributed by atoms with van der Waals surface area (Å²) in [5.74, 6) is -0.657. The smallest absolute Gasteiger partial charge is 0.250 e. The van der Waals surface area contributed by atoms with Crippen molar-refractivity contribution in [3.05, 3.63) is 48.0 Å². The summed E-state index contributed by atoms with van der Waals surface area (Å²) in [6, 6.07) is 10.3. The minimum absolute atomic E-state index is 0.329. The summed E-state index contributed by atoms with van der Waals surface area (Å²) < 4.78 is 0. The summed E-state index contributed by atoms with van der Waals surface area (Å²) in [6.45, 7) is 0. The standard InChI is InChI=1S/C7H7Br.C4H3NO2/c8-6-7-4-2-1-3-5-7;6-3-1-2-4(7)5-3/h1-5H,6H2;1-2H,(H,5,6,7). The highest BCUT2D eigenvalue weighted by atomic mass is 79.9. The number of hydrogen-bond acceptors (Lipinski definition) is 2. The molecule has 15 heavy (non-hydrogen) atoms. The van der Waals surface area contributed by atoms with Gasteiger partial charge in [-0.3, -0.25) is 14.9 Å². The van der Waals surface area contributed by atoms with E-state index in [1.165, 1.54) is 17.7 Å². The number of hydrogen-bond donors (Lipinski definition) is 1. The topological polar surface area (TPSA) is 46.2 Å². The summed E-state index contributed by atoms with van der Waals surface area (Å²) in [4.78, 5) is 20.1. The van der Waals surface area contributed by atoms with Crippen molar-refractivity contribution in [3.8, 4) is 0 Å². The maximum Gasteiger partial charge on any atom is 0.250 e. The monoisotopic (exact) mass is 267 g/mol. The van der Waals surface area contributed by atoms with Crippen molar-refractivity contribution in [3.63, 3.8) is 0 Å². The molecule has 1 aromatic rings. The van der Waals surface area contributed by atoms with Crippen LogP contribution in [-0.2, 0) is 14.9 Å². The van der Waals surface area contributed by atoms with Crippen molar-refractivity contribution in [2.45, 2.75) is 5.33 Å². The number of alkyl halides is 1. The van der Waals surface area contributed by atoms with Gasteiger partial charge in [0.2, 0.25) is 0 Å². The molecule has 1 aliphatic rings. The van der Waals surface area contributed by atoms with Crippen LogP contribution in [0.5, 0.6) is 0 Å². The first-order valence-corrected chi connectivity index (χ1v) is 5.47. The number of benzene rings is 1. The molecule has 1 aromatic carbocycles. The van der Waals surface area contributed by atoms with E-state index in [0.29, 0.717) is 0 Å². The van der Waals surface area contributed by atoms with Crippen LogP contribution in [0.15, 0.2) is 42.5 Å². The Morgan fingerprint density at radius 3 is 1.80 bits per heavy atom. The lowest BCUT2D eigenvalue weighted by atomic mass is 10.2. The molecule has 1 aliphatic heterocycles. The van der Waals surface area contributed by atoms with E-state index in [0.717, 1.165) is 5.33 Å². The number of imide groups is 1. The Morgan fingerprint density at radius 2 is 1.53 bits per heavy atom. The van der Waals surface area contributed by atoms with Crippen LogP contribution < -0.4 is 5.32 Å². The summed E-state index contributed by atoms with van der Waals surface area (Å²) in [5, 5.41) is 2.98. The molecule has 0 saturated carbocycles. The molecular weight excluding hydrogens is 258 g/mol. The van der Waals surface area contributed by atoms with Crippen LogP contribution in [0.4, 0.5) is 0 Å². The fraction of sp³-hybridized carbons (Fsp3) is 0.0909. The van der Waals surface area contributed by atoms with E-state index in [1.807, 2.05) is 23.5 Å². The molecule has 1 heterocycles. The second-order valence-corrected chi connectivity index (χ2v) is 3.37. The summed E-state index contributed by atoms with van der Waals surface area (Å²) in [7, 11) is 0. The molecule has 1 N–H and O–H groups in total.